The van der Waals surface area contributed by atoms with Gasteiger partial charge in [-0.15, -0.1) is 0 Å². The van der Waals surface area contributed by atoms with Gasteiger partial charge in [-0.3, -0.25) is 9.89 Å². The van der Waals surface area contributed by atoms with Gasteiger partial charge < -0.3 is 14.5 Å². The Morgan fingerprint density at radius 3 is 3.00 bits per heavy atom. The average molecular weight is 338 g/mol. The molecule has 25 heavy (non-hydrogen) atoms. The summed E-state index contributed by atoms with van der Waals surface area (Å²) < 4.78 is 10.9. The van der Waals surface area contributed by atoms with Crippen LogP contribution in [0.4, 0.5) is 0 Å². The minimum atomic E-state index is -0.294. The number of benzene rings is 1. The highest BCUT2D eigenvalue weighted by molar-refractivity contribution is 5.97. The highest BCUT2D eigenvalue weighted by Gasteiger charge is 2.21. The van der Waals surface area contributed by atoms with Crippen LogP contribution in [0.5, 0.6) is 0 Å². The highest BCUT2D eigenvalue weighted by atomic mass is 16.5. The topological polar surface area (TPSA) is 93.0 Å². The van der Waals surface area contributed by atoms with Crippen LogP contribution in [0.15, 0.2) is 35.1 Å². The van der Waals surface area contributed by atoms with Gasteiger partial charge in [-0.1, -0.05) is 29.8 Å². The van der Waals surface area contributed by atoms with Crippen molar-refractivity contribution in [1.29, 1.82) is 0 Å². The number of rotatable bonds is 4. The summed E-state index contributed by atoms with van der Waals surface area (Å²) in [6, 6.07) is 7.76. The lowest BCUT2D eigenvalue weighted by Gasteiger charge is -2.12. The van der Waals surface area contributed by atoms with Crippen LogP contribution in [0.3, 0.4) is 0 Å². The van der Waals surface area contributed by atoms with Crippen LogP contribution in [0, 0.1) is 6.92 Å². The second kappa shape index (κ2) is 6.52. The summed E-state index contributed by atoms with van der Waals surface area (Å²) in [4.78, 5) is 16.6. The van der Waals surface area contributed by atoms with Gasteiger partial charge >= 0.3 is 0 Å². The summed E-state index contributed by atoms with van der Waals surface area (Å²) in [7, 11) is 0. The first-order valence-corrected chi connectivity index (χ1v) is 8.14. The van der Waals surface area contributed by atoms with Crippen LogP contribution in [0.1, 0.15) is 33.0 Å². The second-order valence-electron chi connectivity index (χ2n) is 6.01. The number of aromatic amines is 1. The lowest BCUT2D eigenvalue weighted by atomic mass is 10.1. The molecule has 0 bridgehead atoms. The fourth-order valence-corrected chi connectivity index (χ4v) is 2.88. The van der Waals surface area contributed by atoms with Crippen LogP contribution in [-0.2, 0) is 24.3 Å². The van der Waals surface area contributed by atoms with Crippen LogP contribution in [-0.4, -0.2) is 27.7 Å². The van der Waals surface area contributed by atoms with E-state index in [-0.39, 0.29) is 11.6 Å². The molecule has 3 aromatic rings. The Labute approximate surface area is 144 Å². The zero-order chi connectivity index (χ0) is 17.2. The number of hydrogen-bond donors (Lipinski definition) is 2. The zero-order valence-corrected chi connectivity index (χ0v) is 13.8. The molecule has 0 saturated heterocycles. The van der Waals surface area contributed by atoms with Gasteiger partial charge in [0, 0.05) is 23.2 Å². The molecule has 7 heteroatoms. The number of H-pyrrole nitrogens is 1. The molecule has 7 nitrogen and oxygen atoms in total. The Hall–Kier alpha value is -2.93. The van der Waals surface area contributed by atoms with Crippen molar-refractivity contribution in [2.24, 2.45) is 0 Å². The monoisotopic (exact) mass is 338 g/mol. The van der Waals surface area contributed by atoms with Crippen molar-refractivity contribution >= 4 is 5.91 Å². The number of aryl methyl sites for hydroxylation is 1. The van der Waals surface area contributed by atoms with Crippen molar-refractivity contribution in [3.05, 3.63) is 58.9 Å². The molecule has 3 heterocycles. The normalized spacial score (nSPS) is 13.5. The Morgan fingerprint density at radius 2 is 2.16 bits per heavy atom. The largest absolute Gasteiger partial charge is 0.443 e. The van der Waals surface area contributed by atoms with Crippen molar-refractivity contribution < 1.29 is 13.9 Å². The maximum absolute atomic E-state index is 12.5. The van der Waals surface area contributed by atoms with E-state index in [1.807, 2.05) is 31.2 Å². The van der Waals surface area contributed by atoms with Gasteiger partial charge in [0.25, 0.3) is 5.91 Å². The number of oxazole rings is 1. The Bertz CT molecular complexity index is 895. The smallest absolute Gasteiger partial charge is 0.274 e. The van der Waals surface area contributed by atoms with Crippen molar-refractivity contribution in [2.45, 2.75) is 26.5 Å². The third kappa shape index (κ3) is 3.06. The van der Waals surface area contributed by atoms with Crippen LogP contribution in [0.2, 0.25) is 0 Å². The molecule has 0 atom stereocenters. The van der Waals surface area contributed by atoms with Crippen LogP contribution >= 0.6 is 0 Å². The Morgan fingerprint density at radius 1 is 1.32 bits per heavy atom. The molecule has 0 aliphatic carbocycles. The number of carbonyl (C=O) groups excluding carboxylic acids is 1. The molecule has 128 valence electrons. The molecule has 1 aliphatic rings. The van der Waals surface area contributed by atoms with Crippen molar-refractivity contribution in [2.75, 3.05) is 6.61 Å². The number of fused-ring (bicyclic) bond motifs is 1. The van der Waals surface area contributed by atoms with Gasteiger partial charge in [0.05, 0.1) is 25.5 Å². The lowest BCUT2D eigenvalue weighted by molar-refractivity contribution is 0.0943. The molecule has 1 amide bonds. The summed E-state index contributed by atoms with van der Waals surface area (Å²) in [5.74, 6) is 0.169. The highest BCUT2D eigenvalue weighted by Crippen LogP contribution is 2.24. The van der Waals surface area contributed by atoms with E-state index in [0.717, 1.165) is 34.5 Å². The molecule has 2 N–H and O–H groups in total. The third-order valence-electron chi connectivity index (χ3n) is 4.29. The average Bonchev–Trinajstić information content (AvgIpc) is 3.28. The van der Waals surface area contributed by atoms with E-state index in [1.165, 1.54) is 6.39 Å². The Balaban J connectivity index is 1.50. The van der Waals surface area contributed by atoms with Crippen LogP contribution < -0.4 is 5.32 Å². The van der Waals surface area contributed by atoms with Gasteiger partial charge in [0.2, 0.25) is 0 Å². The number of nitrogens with zero attached hydrogens (tertiary/aromatic N) is 2. The van der Waals surface area contributed by atoms with Crippen LogP contribution in [0.25, 0.3) is 11.3 Å². The molecular formula is C18H18N4O3. The SMILES string of the molecule is Cc1ccc(-c2ocnc2C(=O)NCc2n[nH]c3c2COCC3)cc1. The lowest BCUT2D eigenvalue weighted by Crippen LogP contribution is -2.24. The molecule has 1 aromatic carbocycles. The molecule has 0 radical (unpaired) electrons. The fourth-order valence-electron chi connectivity index (χ4n) is 2.88. The number of ether oxygens (including phenoxy) is 1. The van der Waals surface area contributed by atoms with Crippen molar-refractivity contribution in [3.63, 3.8) is 0 Å². The first-order valence-electron chi connectivity index (χ1n) is 8.14. The van der Waals surface area contributed by atoms with Gasteiger partial charge in [-0.05, 0) is 6.92 Å². The minimum absolute atomic E-state index is 0.268. The van der Waals surface area contributed by atoms with E-state index >= 15 is 0 Å². The maximum atomic E-state index is 12.5. The number of hydrogen-bond acceptors (Lipinski definition) is 5. The predicted octanol–water partition coefficient (Wildman–Crippen LogP) is 2.38. The number of carbonyl (C=O) groups is 1. The first-order chi connectivity index (χ1) is 12.2. The molecular weight excluding hydrogens is 320 g/mol. The van der Waals surface area contributed by atoms with E-state index < -0.39 is 0 Å². The molecule has 1 aliphatic heterocycles. The number of nitrogens with one attached hydrogen (secondary N) is 2. The summed E-state index contributed by atoms with van der Waals surface area (Å²) in [6.07, 6.45) is 2.10. The van der Waals surface area contributed by atoms with E-state index in [9.17, 15) is 4.79 Å². The Kier molecular flexibility index (Phi) is 4.07. The summed E-state index contributed by atoms with van der Waals surface area (Å²) in [5.41, 5.74) is 5.13. The molecule has 0 spiro atoms. The second-order valence-corrected chi connectivity index (χ2v) is 6.01. The third-order valence-corrected chi connectivity index (χ3v) is 4.29. The van der Waals surface area contributed by atoms with E-state index in [1.54, 1.807) is 0 Å². The fraction of sp³-hybridized carbons (Fsp3) is 0.278. The molecule has 4 rings (SSSR count). The number of aromatic nitrogens is 3. The van der Waals surface area contributed by atoms with E-state index in [0.29, 0.717) is 25.5 Å². The molecule has 0 fully saturated rings. The summed E-state index contributed by atoms with van der Waals surface area (Å²) in [5, 5.41) is 10.1. The van der Waals surface area contributed by atoms with Crippen molar-refractivity contribution in [1.82, 2.24) is 20.5 Å². The van der Waals surface area contributed by atoms with Gasteiger partial charge in [0.15, 0.2) is 17.8 Å². The van der Waals surface area contributed by atoms with Crippen molar-refractivity contribution in [3.8, 4) is 11.3 Å². The van der Waals surface area contributed by atoms with Gasteiger partial charge in [0.1, 0.15) is 0 Å². The molecule has 0 unspecified atom stereocenters. The van der Waals surface area contributed by atoms with Gasteiger partial charge in [-0.25, -0.2) is 4.98 Å². The summed E-state index contributed by atoms with van der Waals surface area (Å²) >= 11 is 0. The minimum Gasteiger partial charge on any atom is -0.443 e. The predicted molar refractivity (Wildman–Crippen MR) is 89.8 cm³/mol. The quantitative estimate of drug-likeness (QED) is 0.762. The standard InChI is InChI=1S/C18H18N4O3/c1-11-2-4-12(5-3-11)17-16(20-10-25-17)18(23)19-8-15-13-9-24-7-6-14(13)21-22-15/h2-5,10H,6-9H2,1H3,(H,19,23)(H,21,22). The summed E-state index contributed by atoms with van der Waals surface area (Å²) in [6.45, 7) is 3.54. The first kappa shape index (κ1) is 15.6. The maximum Gasteiger partial charge on any atom is 0.274 e. The number of amides is 1. The van der Waals surface area contributed by atoms with E-state index in [2.05, 4.69) is 20.5 Å². The van der Waals surface area contributed by atoms with E-state index in [4.69, 9.17) is 9.15 Å². The zero-order valence-electron chi connectivity index (χ0n) is 13.8. The molecule has 2 aromatic heterocycles. The molecule has 0 saturated carbocycles. The van der Waals surface area contributed by atoms with Gasteiger partial charge in [-0.2, -0.15) is 5.10 Å².